The molecule has 1 fully saturated rings. The number of carbonyl (C=O) groups excluding carboxylic acids is 1. The van der Waals surface area contributed by atoms with Crippen LogP contribution in [0.1, 0.15) is 63.5 Å². The Balaban J connectivity index is 0.00000378. The van der Waals surface area contributed by atoms with Crippen molar-refractivity contribution in [2.45, 2.75) is 77.2 Å². The van der Waals surface area contributed by atoms with Gasteiger partial charge >= 0.3 is 0 Å². The minimum Gasteiger partial charge on any atom is -0.507 e. The third kappa shape index (κ3) is 5.16. The molecule has 4 aliphatic heterocycles. The van der Waals surface area contributed by atoms with Gasteiger partial charge in [0, 0.05) is 108 Å². The summed E-state index contributed by atoms with van der Waals surface area (Å²) in [6.07, 6.45) is 3.59. The first kappa shape index (κ1) is 34.2. The fourth-order valence-corrected chi connectivity index (χ4v) is 9.00. The average Bonchev–Trinajstić information content (AvgIpc) is 3.73. The van der Waals surface area contributed by atoms with Crippen molar-refractivity contribution in [2.75, 3.05) is 20.4 Å². The second-order valence-electron chi connectivity index (χ2n) is 14.1. The van der Waals surface area contributed by atoms with Crippen molar-refractivity contribution in [2.24, 2.45) is 5.92 Å². The van der Waals surface area contributed by atoms with Gasteiger partial charge < -0.3 is 30.0 Å². The smallest absolute Gasteiger partial charge is 0.231 e. The molecule has 2 bridgehead atoms. The summed E-state index contributed by atoms with van der Waals surface area (Å²) in [7, 11) is 2.04. The molecule has 0 saturated carbocycles. The zero-order chi connectivity index (χ0) is 33.6. The maximum absolute atomic E-state index is 13.8. The van der Waals surface area contributed by atoms with Gasteiger partial charge in [-0.05, 0) is 75.4 Å². The second-order valence-corrected chi connectivity index (χ2v) is 14.1. The number of aromatic nitrogens is 1. The Kier molecular flexibility index (Phi) is 8.93. The first-order valence-electron chi connectivity index (χ1n) is 16.8. The maximum atomic E-state index is 13.8. The van der Waals surface area contributed by atoms with E-state index in [1.165, 1.54) is 0 Å². The molecule has 49 heavy (non-hydrogen) atoms. The number of benzene rings is 3. The molecular weight excluding hydrogens is 833 g/mol. The molecule has 4 aromatic rings. The van der Waals surface area contributed by atoms with Crippen molar-refractivity contribution < 1.29 is 68.5 Å². The number of aromatic hydroxyl groups is 2. The van der Waals surface area contributed by atoms with Crippen LogP contribution in [0.4, 0.5) is 0 Å². The number of hydrogen-bond acceptors (Lipinski definition) is 8. The number of para-hydroxylation sites is 1. The molecule has 8 rings (SSSR count). The molecule has 4 aliphatic rings. The standard InChI is InChI=1S/C38H41N5O5.Ac/c1-18-10-22-12-27-29(14-39)43-28(33(42(27)5)31(22)35(45)20(18)3)13-25-32(37-36(47-17-48-37)21(4)34(25)44)30(43)16-41-38(46)19(2)11-23-15-40-26-9-7-6-8-24(23)26;/h6-10,15,19,27-30,33,40,44-45H,11-13,16-17H2,1-5H3,(H,41,46);/t19-,27-,28?,29-,30-,33-;/m0./s1. The molecule has 4 N–H and O–H groups in total. The third-order valence-electron chi connectivity index (χ3n) is 11.6. The first-order valence-corrected chi connectivity index (χ1v) is 16.8. The van der Waals surface area contributed by atoms with Crippen molar-refractivity contribution in [1.29, 1.82) is 5.26 Å². The molecule has 251 valence electrons. The Bertz CT molecular complexity index is 2040. The summed E-state index contributed by atoms with van der Waals surface area (Å²) in [4.78, 5) is 21.6. The number of carbonyl (C=O) groups is 1. The number of aryl methyl sites for hydroxylation is 1. The summed E-state index contributed by atoms with van der Waals surface area (Å²) in [6, 6.07) is 11.2. The number of aromatic amines is 1. The zero-order valence-electron chi connectivity index (χ0n) is 28.5. The van der Waals surface area contributed by atoms with Gasteiger partial charge in [0.15, 0.2) is 11.5 Å². The van der Waals surface area contributed by atoms with Gasteiger partial charge in [0.25, 0.3) is 0 Å². The van der Waals surface area contributed by atoms with E-state index in [9.17, 15) is 20.3 Å². The van der Waals surface area contributed by atoms with E-state index in [0.29, 0.717) is 42.1 Å². The second kappa shape index (κ2) is 12.8. The summed E-state index contributed by atoms with van der Waals surface area (Å²) in [6.45, 7) is 7.96. The number of phenolic OH excluding ortho intramolecular Hbond substituents is 2. The number of likely N-dealkylation sites (N-methyl/N-ethyl adjacent to an activating group) is 1. The monoisotopic (exact) mass is 874 g/mol. The summed E-state index contributed by atoms with van der Waals surface area (Å²) in [5, 5.41) is 38.5. The van der Waals surface area contributed by atoms with Gasteiger partial charge in [0.05, 0.1) is 18.2 Å². The van der Waals surface area contributed by atoms with Gasteiger partial charge in [-0.2, -0.15) is 5.26 Å². The minimum absolute atomic E-state index is 0. The van der Waals surface area contributed by atoms with E-state index in [1.54, 1.807) is 0 Å². The Morgan fingerprint density at radius 2 is 1.84 bits per heavy atom. The average molecular weight is 875 g/mol. The Hall–Kier alpha value is -3.28. The van der Waals surface area contributed by atoms with Crippen LogP contribution >= 0.6 is 0 Å². The molecule has 5 heterocycles. The van der Waals surface area contributed by atoms with Crippen molar-refractivity contribution in [3.8, 4) is 29.1 Å². The number of hydrogen-bond donors (Lipinski definition) is 4. The van der Waals surface area contributed by atoms with Crippen LogP contribution < -0.4 is 14.8 Å². The molecule has 0 spiro atoms. The number of amides is 1. The Morgan fingerprint density at radius 1 is 1.08 bits per heavy atom. The van der Waals surface area contributed by atoms with Gasteiger partial charge in [-0.1, -0.05) is 31.2 Å². The van der Waals surface area contributed by atoms with E-state index in [2.05, 4.69) is 38.3 Å². The Morgan fingerprint density at radius 3 is 2.61 bits per heavy atom. The predicted octanol–water partition coefficient (Wildman–Crippen LogP) is 5.00. The van der Waals surface area contributed by atoms with Gasteiger partial charge in [0.1, 0.15) is 17.5 Å². The predicted molar refractivity (Wildman–Crippen MR) is 180 cm³/mol. The zero-order valence-corrected chi connectivity index (χ0v) is 33.2. The van der Waals surface area contributed by atoms with Crippen LogP contribution in [-0.2, 0) is 24.1 Å². The molecule has 10 nitrogen and oxygen atoms in total. The normalized spacial score (nSPS) is 24.3. The number of rotatable bonds is 5. The van der Waals surface area contributed by atoms with Gasteiger partial charge in [-0.15, -0.1) is 0 Å². The molecule has 6 atom stereocenters. The summed E-state index contributed by atoms with van der Waals surface area (Å²) in [5.74, 6) is 1.12. The van der Waals surface area contributed by atoms with Crippen LogP contribution in [0.15, 0.2) is 36.5 Å². The topological polar surface area (TPSA) is 134 Å². The molecule has 1 saturated heterocycles. The summed E-state index contributed by atoms with van der Waals surface area (Å²) >= 11 is 0. The number of fused-ring (bicyclic) bond motifs is 10. The Labute approximate surface area is 321 Å². The van der Waals surface area contributed by atoms with E-state index in [1.807, 2.05) is 59.1 Å². The molecule has 1 unspecified atom stereocenters. The van der Waals surface area contributed by atoms with Crippen molar-refractivity contribution in [1.82, 2.24) is 20.1 Å². The SMILES string of the molecule is Cc1cc2c(c(O)c1C)[C@@H]1C3Cc4c(O)c(C)c5c(c4[C@H](CNC(=O)[C@@H](C)Cc4c[nH]c6ccccc46)N3[C@@H](C#N)[C@H](C2)N1C)OCO5.[Ac]. The fraction of sp³-hybridized carbons (Fsp3) is 0.421. The van der Waals surface area contributed by atoms with Crippen LogP contribution in [0.3, 0.4) is 0 Å². The maximum Gasteiger partial charge on any atom is 0.231 e. The number of nitrogens with one attached hydrogen (secondary N) is 2. The van der Waals surface area contributed by atoms with E-state index in [0.717, 1.165) is 49.8 Å². The number of ether oxygens (including phenoxy) is 2. The van der Waals surface area contributed by atoms with E-state index in [4.69, 9.17) is 9.47 Å². The van der Waals surface area contributed by atoms with Crippen molar-refractivity contribution in [3.05, 3.63) is 81.0 Å². The van der Waals surface area contributed by atoms with Crippen LogP contribution in [0.5, 0.6) is 23.0 Å². The summed E-state index contributed by atoms with van der Waals surface area (Å²) < 4.78 is 11.9. The molecule has 11 heteroatoms. The fourth-order valence-electron chi connectivity index (χ4n) is 9.00. The molecule has 0 aliphatic carbocycles. The van der Waals surface area contributed by atoms with Gasteiger partial charge in [-0.25, -0.2) is 0 Å². The number of nitrogens with zero attached hydrogens (tertiary/aromatic N) is 3. The largest absolute Gasteiger partial charge is 0.507 e. The van der Waals surface area contributed by atoms with Crippen molar-refractivity contribution >= 4 is 16.8 Å². The number of nitriles is 1. The van der Waals surface area contributed by atoms with Crippen LogP contribution in [0, 0.1) is 82.1 Å². The molecule has 1 aromatic heterocycles. The van der Waals surface area contributed by atoms with E-state index in [-0.39, 0.29) is 93.1 Å². The number of piperazine rings is 1. The summed E-state index contributed by atoms with van der Waals surface area (Å²) in [5.41, 5.74) is 8.06. The van der Waals surface area contributed by atoms with Crippen LogP contribution in [0.25, 0.3) is 10.9 Å². The van der Waals surface area contributed by atoms with Gasteiger partial charge in [-0.3, -0.25) is 14.6 Å². The quantitative estimate of drug-likeness (QED) is 0.221. The van der Waals surface area contributed by atoms with Gasteiger partial charge in [0.2, 0.25) is 12.7 Å². The first-order chi connectivity index (χ1) is 23.1. The molecule has 1 radical (unpaired) electrons. The molecule has 1 amide bonds. The molecular formula is C38H41AcN5O5. The third-order valence-corrected chi connectivity index (χ3v) is 11.6. The van der Waals surface area contributed by atoms with Crippen LogP contribution in [-0.4, -0.2) is 69.4 Å². The van der Waals surface area contributed by atoms with Crippen molar-refractivity contribution in [3.63, 3.8) is 0 Å². The number of H-pyrrole nitrogens is 1. The van der Waals surface area contributed by atoms with Crippen LogP contribution in [0.2, 0.25) is 0 Å². The van der Waals surface area contributed by atoms with E-state index >= 15 is 0 Å². The molecule has 3 aromatic carbocycles. The minimum atomic E-state index is -0.520. The van der Waals surface area contributed by atoms with E-state index < -0.39 is 12.1 Å². The number of phenols is 2.